The average Bonchev–Trinajstić information content (AvgIpc) is 2.36. The van der Waals surface area contributed by atoms with Crippen molar-refractivity contribution >= 4 is 15.7 Å². The number of nitrogens with one attached hydrogen (secondary N) is 1. The average molecular weight is 301 g/mol. The molecule has 7 heteroatoms. The molecular weight excluding hydrogens is 278 g/mol. The molecule has 114 valence electrons. The minimum absolute atomic E-state index is 0.130. The van der Waals surface area contributed by atoms with Gasteiger partial charge < -0.3 is 15.4 Å². The molecule has 1 rings (SSSR count). The van der Waals surface area contributed by atoms with Crippen molar-refractivity contribution in [2.75, 3.05) is 33.5 Å². The summed E-state index contributed by atoms with van der Waals surface area (Å²) in [6.45, 7) is 4.21. The third-order valence-electron chi connectivity index (χ3n) is 3.42. The van der Waals surface area contributed by atoms with Crippen LogP contribution in [-0.2, 0) is 10.0 Å². The van der Waals surface area contributed by atoms with Gasteiger partial charge >= 0.3 is 0 Å². The summed E-state index contributed by atoms with van der Waals surface area (Å²) in [5.74, 6) is 0.456. The number of rotatable bonds is 6. The quantitative estimate of drug-likeness (QED) is 0.763. The number of nitrogen functional groups attached to an aromatic ring is 1. The van der Waals surface area contributed by atoms with Crippen molar-refractivity contribution in [3.63, 3.8) is 0 Å². The number of benzene rings is 1. The zero-order chi connectivity index (χ0) is 15.6. The summed E-state index contributed by atoms with van der Waals surface area (Å²) in [7, 11) is 1.70. The molecule has 0 spiro atoms. The van der Waals surface area contributed by atoms with Crippen molar-refractivity contribution in [2.45, 2.75) is 24.3 Å². The summed E-state index contributed by atoms with van der Waals surface area (Å²) >= 11 is 0. The van der Waals surface area contributed by atoms with E-state index in [1.165, 1.54) is 19.2 Å². The van der Waals surface area contributed by atoms with Gasteiger partial charge in [-0.3, -0.25) is 0 Å². The highest BCUT2D eigenvalue weighted by atomic mass is 32.2. The zero-order valence-electron chi connectivity index (χ0n) is 12.6. The molecule has 0 aromatic heterocycles. The monoisotopic (exact) mass is 301 g/mol. The Hall–Kier alpha value is -1.31. The number of nitrogens with zero attached hydrogens (tertiary/aromatic N) is 1. The number of anilines is 1. The Bertz CT molecular complexity index is 568. The molecule has 0 bridgehead atoms. The van der Waals surface area contributed by atoms with E-state index in [-0.39, 0.29) is 10.4 Å². The minimum Gasteiger partial charge on any atom is -0.495 e. The molecule has 0 aliphatic heterocycles. The molecular formula is C13H23N3O3S. The fourth-order valence-electron chi connectivity index (χ4n) is 1.39. The van der Waals surface area contributed by atoms with E-state index in [1.54, 1.807) is 6.07 Å². The molecule has 0 aliphatic carbocycles. The molecule has 6 nitrogen and oxygen atoms in total. The van der Waals surface area contributed by atoms with E-state index in [1.807, 2.05) is 32.8 Å². The Kier molecular flexibility index (Phi) is 5.01. The van der Waals surface area contributed by atoms with Gasteiger partial charge in [0.1, 0.15) is 5.75 Å². The molecule has 0 aliphatic rings. The van der Waals surface area contributed by atoms with Crippen LogP contribution in [0.25, 0.3) is 0 Å². The van der Waals surface area contributed by atoms with Gasteiger partial charge in [0.25, 0.3) is 0 Å². The molecule has 1 aromatic rings. The third kappa shape index (κ3) is 3.84. The lowest BCUT2D eigenvalue weighted by Crippen LogP contribution is -2.48. The van der Waals surface area contributed by atoms with Gasteiger partial charge in [-0.25, -0.2) is 13.1 Å². The summed E-state index contributed by atoms with van der Waals surface area (Å²) in [6, 6.07) is 4.41. The van der Waals surface area contributed by atoms with E-state index >= 15 is 0 Å². The molecule has 0 radical (unpaired) electrons. The number of ether oxygens (including phenoxy) is 1. The van der Waals surface area contributed by atoms with E-state index in [9.17, 15) is 8.42 Å². The van der Waals surface area contributed by atoms with E-state index in [0.717, 1.165) is 0 Å². The van der Waals surface area contributed by atoms with Crippen LogP contribution in [0.15, 0.2) is 23.1 Å². The van der Waals surface area contributed by atoms with E-state index < -0.39 is 10.0 Å². The van der Waals surface area contributed by atoms with Gasteiger partial charge in [0.2, 0.25) is 10.0 Å². The molecule has 0 atom stereocenters. The number of hydrogen-bond donors (Lipinski definition) is 2. The van der Waals surface area contributed by atoms with Gasteiger partial charge in [-0.1, -0.05) is 0 Å². The molecule has 0 saturated carbocycles. The van der Waals surface area contributed by atoms with Crippen LogP contribution in [0.4, 0.5) is 5.69 Å². The predicted molar refractivity (Wildman–Crippen MR) is 80.4 cm³/mol. The van der Waals surface area contributed by atoms with Crippen LogP contribution in [0.3, 0.4) is 0 Å². The van der Waals surface area contributed by atoms with Crippen LogP contribution in [-0.4, -0.2) is 46.6 Å². The van der Waals surface area contributed by atoms with Crippen LogP contribution < -0.4 is 15.2 Å². The Morgan fingerprint density at radius 3 is 2.40 bits per heavy atom. The van der Waals surface area contributed by atoms with Gasteiger partial charge in [-0.2, -0.15) is 0 Å². The second-order valence-corrected chi connectivity index (χ2v) is 7.20. The van der Waals surface area contributed by atoms with Crippen molar-refractivity contribution in [1.29, 1.82) is 0 Å². The number of nitrogens with two attached hydrogens (primary N) is 1. The largest absolute Gasteiger partial charge is 0.495 e. The maximum Gasteiger partial charge on any atom is 0.240 e. The first-order valence-corrected chi connectivity index (χ1v) is 7.69. The highest BCUT2D eigenvalue weighted by Gasteiger charge is 2.24. The molecule has 0 saturated heterocycles. The van der Waals surface area contributed by atoms with Crippen LogP contribution in [0.2, 0.25) is 0 Å². The summed E-state index contributed by atoms with van der Waals surface area (Å²) < 4.78 is 32.1. The van der Waals surface area contributed by atoms with E-state index in [2.05, 4.69) is 4.72 Å². The smallest absolute Gasteiger partial charge is 0.240 e. The first-order valence-electron chi connectivity index (χ1n) is 6.21. The normalized spacial score (nSPS) is 12.7. The molecule has 20 heavy (non-hydrogen) atoms. The van der Waals surface area contributed by atoms with E-state index in [4.69, 9.17) is 10.5 Å². The summed E-state index contributed by atoms with van der Waals surface area (Å²) in [5.41, 5.74) is 5.74. The van der Waals surface area contributed by atoms with Gasteiger partial charge in [0.15, 0.2) is 0 Å². The van der Waals surface area contributed by atoms with Crippen molar-refractivity contribution in [3.05, 3.63) is 18.2 Å². The fraction of sp³-hybridized carbons (Fsp3) is 0.538. The summed E-state index contributed by atoms with van der Waals surface area (Å²) in [5, 5.41) is 0. The SMILES string of the molecule is COc1ccc(S(=O)(=O)NCC(C)(C)N(C)C)cc1N. The van der Waals surface area contributed by atoms with Gasteiger partial charge in [-0.15, -0.1) is 0 Å². The lowest BCUT2D eigenvalue weighted by molar-refractivity contribution is 0.199. The topological polar surface area (TPSA) is 84.7 Å². The minimum atomic E-state index is -3.59. The van der Waals surface area contributed by atoms with Crippen molar-refractivity contribution in [2.24, 2.45) is 0 Å². The summed E-state index contributed by atoms with van der Waals surface area (Å²) in [6.07, 6.45) is 0. The molecule has 1 aromatic carbocycles. The third-order valence-corrected chi connectivity index (χ3v) is 4.82. The lowest BCUT2D eigenvalue weighted by atomic mass is 10.1. The number of hydrogen-bond acceptors (Lipinski definition) is 5. The van der Waals surface area contributed by atoms with Gasteiger partial charge in [-0.05, 0) is 46.1 Å². The molecule has 0 heterocycles. The van der Waals surface area contributed by atoms with Crippen LogP contribution >= 0.6 is 0 Å². The number of methoxy groups -OCH3 is 1. The van der Waals surface area contributed by atoms with Crippen LogP contribution in [0.1, 0.15) is 13.8 Å². The first kappa shape index (κ1) is 16.7. The zero-order valence-corrected chi connectivity index (χ0v) is 13.4. The van der Waals surface area contributed by atoms with E-state index in [0.29, 0.717) is 18.0 Å². The Morgan fingerprint density at radius 2 is 1.95 bits per heavy atom. The molecule has 3 N–H and O–H groups in total. The van der Waals surface area contributed by atoms with Crippen molar-refractivity contribution in [1.82, 2.24) is 9.62 Å². The van der Waals surface area contributed by atoms with Crippen LogP contribution in [0, 0.1) is 0 Å². The Labute approximate surface area is 121 Å². The van der Waals surface area contributed by atoms with Gasteiger partial charge in [0, 0.05) is 12.1 Å². The fourth-order valence-corrected chi connectivity index (χ4v) is 2.63. The molecule has 0 unspecified atom stereocenters. The number of sulfonamides is 1. The highest BCUT2D eigenvalue weighted by Crippen LogP contribution is 2.24. The highest BCUT2D eigenvalue weighted by molar-refractivity contribution is 7.89. The lowest BCUT2D eigenvalue weighted by Gasteiger charge is -2.32. The van der Waals surface area contributed by atoms with Crippen LogP contribution in [0.5, 0.6) is 5.75 Å². The summed E-state index contributed by atoms with van der Waals surface area (Å²) in [4.78, 5) is 2.09. The molecule has 0 fully saturated rings. The number of likely N-dealkylation sites (N-methyl/N-ethyl adjacent to an activating group) is 1. The molecule has 0 amide bonds. The maximum atomic E-state index is 12.2. The Morgan fingerprint density at radius 1 is 1.35 bits per heavy atom. The standard InChI is InChI=1S/C13H23N3O3S/c1-13(2,16(3)4)9-15-20(17,18)10-6-7-12(19-5)11(14)8-10/h6-8,15H,9,14H2,1-5H3. The Balaban J connectivity index is 2.92. The predicted octanol–water partition coefficient (Wildman–Crippen LogP) is 0.896. The second-order valence-electron chi connectivity index (χ2n) is 5.44. The van der Waals surface area contributed by atoms with Crippen molar-refractivity contribution < 1.29 is 13.2 Å². The maximum absolute atomic E-state index is 12.2. The second kappa shape index (κ2) is 5.99. The first-order chi connectivity index (χ1) is 9.10. The van der Waals surface area contributed by atoms with Gasteiger partial charge in [0.05, 0.1) is 17.7 Å². The van der Waals surface area contributed by atoms with Crippen molar-refractivity contribution in [3.8, 4) is 5.75 Å².